The third kappa shape index (κ3) is 3.82. The lowest BCUT2D eigenvalue weighted by molar-refractivity contribution is -0.116. The molecule has 0 spiro atoms. The first-order valence-corrected chi connectivity index (χ1v) is 9.23. The lowest BCUT2D eigenvalue weighted by Crippen LogP contribution is -2.37. The molecule has 1 amide bonds. The summed E-state index contributed by atoms with van der Waals surface area (Å²) in [4.78, 5) is 41.0. The van der Waals surface area contributed by atoms with Crippen molar-refractivity contribution in [2.45, 2.75) is 13.0 Å². The molecule has 4 rings (SSSR count). The molecule has 0 bridgehead atoms. The number of anilines is 1. The molecule has 0 fully saturated rings. The predicted molar refractivity (Wildman–Crippen MR) is 109 cm³/mol. The van der Waals surface area contributed by atoms with Crippen molar-refractivity contribution in [1.29, 1.82) is 0 Å². The van der Waals surface area contributed by atoms with Gasteiger partial charge in [-0.15, -0.1) is 5.10 Å². The minimum atomic E-state index is -0.539. The van der Waals surface area contributed by atoms with Crippen molar-refractivity contribution in [2.75, 3.05) is 12.4 Å². The zero-order valence-corrected chi connectivity index (χ0v) is 17.0. The fourth-order valence-corrected chi connectivity index (χ4v) is 3.12. The lowest BCUT2D eigenvalue weighted by atomic mass is 10.1. The third-order valence-corrected chi connectivity index (χ3v) is 4.76. The van der Waals surface area contributed by atoms with Crippen LogP contribution >= 0.6 is 0 Å². The molecule has 0 saturated carbocycles. The molecule has 1 aromatic carbocycles. The van der Waals surface area contributed by atoms with E-state index in [2.05, 4.69) is 20.5 Å². The van der Waals surface area contributed by atoms with Crippen molar-refractivity contribution in [2.24, 2.45) is 14.1 Å². The summed E-state index contributed by atoms with van der Waals surface area (Å²) in [6, 6.07) is 7.34. The second kappa shape index (κ2) is 7.89. The summed E-state index contributed by atoms with van der Waals surface area (Å²) < 4.78 is 14.2. The van der Waals surface area contributed by atoms with Crippen LogP contribution < -0.4 is 21.3 Å². The summed E-state index contributed by atoms with van der Waals surface area (Å²) in [5.41, 5.74) is 0.241. The van der Waals surface area contributed by atoms with Crippen LogP contribution in [0.2, 0.25) is 0 Å². The highest BCUT2D eigenvalue weighted by atomic mass is 16.5. The van der Waals surface area contributed by atoms with Crippen LogP contribution in [0.15, 0.2) is 44.6 Å². The molecule has 3 aromatic heterocycles. The Bertz CT molecular complexity index is 1380. The molecule has 12 heteroatoms. The molecule has 0 radical (unpaired) electrons. The Morgan fingerprint density at radius 1 is 1.13 bits per heavy atom. The van der Waals surface area contributed by atoms with Crippen molar-refractivity contribution in [3.8, 4) is 5.75 Å². The molecule has 0 atom stereocenters. The number of fused-ring (bicyclic) bond motifs is 1. The van der Waals surface area contributed by atoms with Crippen LogP contribution in [-0.2, 0) is 31.9 Å². The first-order valence-electron chi connectivity index (χ1n) is 9.23. The van der Waals surface area contributed by atoms with E-state index in [9.17, 15) is 14.4 Å². The van der Waals surface area contributed by atoms with E-state index in [4.69, 9.17) is 9.15 Å². The van der Waals surface area contributed by atoms with Gasteiger partial charge >= 0.3 is 11.7 Å². The normalized spacial score (nSPS) is 11.1. The molecule has 1 N–H and O–H groups in total. The summed E-state index contributed by atoms with van der Waals surface area (Å²) in [6.07, 6.45) is 1.72. The average molecular weight is 425 g/mol. The Kier molecular flexibility index (Phi) is 5.11. The number of nitrogens with zero attached hydrogens (tertiary/aromatic N) is 6. The maximum Gasteiger partial charge on any atom is 0.332 e. The predicted octanol–water partition coefficient (Wildman–Crippen LogP) is 0.0548. The summed E-state index contributed by atoms with van der Waals surface area (Å²) in [5.74, 6) is 0.580. The zero-order valence-electron chi connectivity index (χ0n) is 17.0. The Hall–Kier alpha value is -4.22. The van der Waals surface area contributed by atoms with Gasteiger partial charge in [0.1, 0.15) is 12.3 Å². The van der Waals surface area contributed by atoms with Gasteiger partial charge in [-0.1, -0.05) is 17.2 Å². The number of aryl methyl sites for hydroxylation is 1. The van der Waals surface area contributed by atoms with Crippen molar-refractivity contribution < 1.29 is 13.9 Å². The van der Waals surface area contributed by atoms with Gasteiger partial charge in [0.25, 0.3) is 5.56 Å². The topological polar surface area (TPSA) is 139 Å². The van der Waals surface area contributed by atoms with Crippen LogP contribution in [0.4, 0.5) is 6.01 Å². The smallest absolute Gasteiger partial charge is 0.332 e. The molecular weight excluding hydrogens is 406 g/mol. The van der Waals surface area contributed by atoms with Gasteiger partial charge < -0.3 is 13.7 Å². The fourth-order valence-electron chi connectivity index (χ4n) is 3.12. The highest BCUT2D eigenvalue weighted by Crippen LogP contribution is 2.15. The summed E-state index contributed by atoms with van der Waals surface area (Å²) >= 11 is 0. The largest absolute Gasteiger partial charge is 0.497 e. The molecule has 31 heavy (non-hydrogen) atoms. The molecule has 12 nitrogen and oxygen atoms in total. The average Bonchev–Trinajstić information content (AvgIpc) is 3.38. The van der Waals surface area contributed by atoms with Gasteiger partial charge in [0.05, 0.1) is 19.9 Å². The van der Waals surface area contributed by atoms with Gasteiger partial charge in [0.2, 0.25) is 11.8 Å². The fraction of sp³-hybridized carbons (Fsp3) is 0.263. The number of nitrogens with one attached hydrogen (secondary N) is 1. The number of hydrogen-bond acceptors (Lipinski definition) is 8. The molecule has 160 valence electrons. The van der Waals surface area contributed by atoms with Crippen molar-refractivity contribution in [3.63, 3.8) is 0 Å². The number of carbonyl (C=O) groups is 1. The van der Waals surface area contributed by atoms with Gasteiger partial charge in [-0.3, -0.25) is 24.0 Å². The van der Waals surface area contributed by atoms with E-state index in [1.54, 1.807) is 7.11 Å². The van der Waals surface area contributed by atoms with E-state index in [0.717, 1.165) is 15.9 Å². The molecule has 0 aliphatic rings. The van der Waals surface area contributed by atoms with E-state index >= 15 is 0 Å². The van der Waals surface area contributed by atoms with Crippen molar-refractivity contribution in [1.82, 2.24) is 28.9 Å². The number of aromatic nitrogens is 6. The van der Waals surface area contributed by atoms with E-state index in [1.165, 1.54) is 29.6 Å². The second-order valence-corrected chi connectivity index (χ2v) is 6.82. The van der Waals surface area contributed by atoms with E-state index in [-0.39, 0.29) is 23.7 Å². The highest BCUT2D eigenvalue weighted by molar-refractivity contribution is 5.89. The van der Waals surface area contributed by atoms with Crippen LogP contribution in [0.1, 0.15) is 11.5 Å². The Morgan fingerprint density at radius 3 is 2.58 bits per heavy atom. The number of ether oxygens (including phenoxy) is 1. The SMILES string of the molecule is COc1ccc(Cc2nnc(NC(=O)Cn3cnc4c3c(=O)n(C)c(=O)n4C)o2)cc1. The summed E-state index contributed by atoms with van der Waals surface area (Å²) in [5, 5.41) is 10.3. The molecule has 4 aromatic rings. The third-order valence-electron chi connectivity index (χ3n) is 4.76. The van der Waals surface area contributed by atoms with Crippen LogP contribution in [-0.4, -0.2) is 41.9 Å². The monoisotopic (exact) mass is 425 g/mol. The van der Waals surface area contributed by atoms with Crippen LogP contribution in [0.3, 0.4) is 0 Å². The molecular formula is C19H19N7O5. The maximum atomic E-state index is 12.4. The highest BCUT2D eigenvalue weighted by Gasteiger charge is 2.17. The lowest BCUT2D eigenvalue weighted by Gasteiger charge is -2.06. The molecule has 0 aliphatic carbocycles. The quantitative estimate of drug-likeness (QED) is 0.457. The number of imidazole rings is 1. The number of rotatable bonds is 6. The van der Waals surface area contributed by atoms with Crippen LogP contribution in [0.25, 0.3) is 11.2 Å². The second-order valence-electron chi connectivity index (χ2n) is 6.82. The van der Waals surface area contributed by atoms with Gasteiger partial charge in [0.15, 0.2) is 11.2 Å². The Balaban J connectivity index is 1.47. The van der Waals surface area contributed by atoms with E-state index in [1.807, 2.05) is 24.3 Å². The summed E-state index contributed by atoms with van der Waals surface area (Å²) in [7, 11) is 4.46. The minimum absolute atomic E-state index is 0.0572. The molecule has 0 unspecified atom stereocenters. The minimum Gasteiger partial charge on any atom is -0.497 e. The van der Waals surface area contributed by atoms with E-state index < -0.39 is 17.2 Å². The Labute approximate surface area is 174 Å². The standard InChI is InChI=1S/C19H19N7O5/c1-24-16-15(17(28)25(2)19(24)29)26(10-20-16)9-13(27)21-18-23-22-14(31-18)8-11-4-6-12(30-3)7-5-11/h4-7,10H,8-9H2,1-3H3,(H,21,23,27). The molecule has 3 heterocycles. The van der Waals surface area contributed by atoms with Gasteiger partial charge in [0, 0.05) is 14.1 Å². The van der Waals surface area contributed by atoms with Crippen molar-refractivity contribution >= 4 is 23.1 Å². The Morgan fingerprint density at radius 2 is 1.87 bits per heavy atom. The number of hydrogen-bond donors (Lipinski definition) is 1. The first kappa shape index (κ1) is 20.1. The first-order chi connectivity index (χ1) is 14.9. The van der Waals surface area contributed by atoms with Gasteiger partial charge in [-0.05, 0) is 17.7 Å². The number of carbonyl (C=O) groups excluding carboxylic acids is 1. The zero-order chi connectivity index (χ0) is 22.1. The number of methoxy groups -OCH3 is 1. The molecule has 0 aliphatic heterocycles. The molecule has 0 saturated heterocycles. The summed E-state index contributed by atoms with van der Waals surface area (Å²) in [6.45, 7) is -0.222. The van der Waals surface area contributed by atoms with Gasteiger partial charge in [-0.25, -0.2) is 9.78 Å². The number of benzene rings is 1. The van der Waals surface area contributed by atoms with Gasteiger partial charge in [-0.2, -0.15) is 0 Å². The maximum absolute atomic E-state index is 12.4. The number of amides is 1. The van der Waals surface area contributed by atoms with E-state index in [0.29, 0.717) is 12.3 Å². The van der Waals surface area contributed by atoms with Crippen LogP contribution in [0, 0.1) is 0 Å². The van der Waals surface area contributed by atoms with Crippen molar-refractivity contribution in [3.05, 3.63) is 62.9 Å². The van der Waals surface area contributed by atoms with Crippen LogP contribution in [0.5, 0.6) is 5.75 Å².